The van der Waals surface area contributed by atoms with Gasteiger partial charge in [0.05, 0.1) is 5.69 Å². The number of rotatable bonds is 6. The third kappa shape index (κ3) is 4.74. The summed E-state index contributed by atoms with van der Waals surface area (Å²) in [5, 5.41) is 12.7. The van der Waals surface area contributed by atoms with Crippen LogP contribution in [0.15, 0.2) is 6.20 Å². The van der Waals surface area contributed by atoms with E-state index < -0.39 is 18.8 Å². The van der Waals surface area contributed by atoms with Gasteiger partial charge in [-0.15, -0.1) is 0 Å². The summed E-state index contributed by atoms with van der Waals surface area (Å²) in [4.78, 5) is 10.7. The molecule has 0 unspecified atom stereocenters. The van der Waals surface area contributed by atoms with Crippen LogP contribution < -0.4 is 0 Å². The number of hydrogen-bond donors (Lipinski definition) is 1. The molecule has 0 saturated carbocycles. The van der Waals surface area contributed by atoms with Crippen molar-refractivity contribution in [2.75, 3.05) is 13.2 Å². The van der Waals surface area contributed by atoms with Gasteiger partial charge >= 0.3 is 12.1 Å². The second-order valence-corrected chi connectivity index (χ2v) is 3.72. The maximum absolute atomic E-state index is 11.7. The third-order valence-corrected chi connectivity index (χ3v) is 2.12. The lowest BCUT2D eigenvalue weighted by Crippen LogP contribution is -2.17. The van der Waals surface area contributed by atoms with Crippen LogP contribution in [-0.4, -0.2) is 40.2 Å². The van der Waals surface area contributed by atoms with Crippen LogP contribution in [0.25, 0.3) is 0 Å². The highest BCUT2D eigenvalue weighted by Crippen LogP contribution is 2.14. The SMILES string of the molecule is Cc1nn(CCCOCC(F)(F)F)cc1C(=O)O. The van der Waals surface area contributed by atoms with E-state index in [0.29, 0.717) is 18.7 Å². The van der Waals surface area contributed by atoms with Gasteiger partial charge in [-0.3, -0.25) is 4.68 Å². The van der Waals surface area contributed by atoms with Crippen molar-refractivity contribution in [3.05, 3.63) is 17.5 Å². The summed E-state index contributed by atoms with van der Waals surface area (Å²) in [6.45, 7) is 0.540. The Morgan fingerprint density at radius 3 is 2.72 bits per heavy atom. The summed E-state index contributed by atoms with van der Waals surface area (Å²) < 4.78 is 41.0. The van der Waals surface area contributed by atoms with Crippen LogP contribution in [0.2, 0.25) is 0 Å². The van der Waals surface area contributed by atoms with Crippen molar-refractivity contribution >= 4 is 5.97 Å². The molecule has 1 aromatic heterocycles. The average Bonchev–Trinajstić information content (AvgIpc) is 2.57. The molecular formula is C10H13F3N2O3. The number of carboxylic acid groups (broad SMARTS) is 1. The molecule has 5 nitrogen and oxygen atoms in total. The van der Waals surface area contributed by atoms with Gasteiger partial charge in [-0.05, 0) is 13.3 Å². The smallest absolute Gasteiger partial charge is 0.411 e. The highest BCUT2D eigenvalue weighted by atomic mass is 19.4. The van der Waals surface area contributed by atoms with E-state index in [0.717, 1.165) is 0 Å². The van der Waals surface area contributed by atoms with Gasteiger partial charge in [-0.25, -0.2) is 4.79 Å². The Kier molecular flexibility index (Phi) is 4.71. The molecule has 0 aliphatic carbocycles. The molecule has 0 bridgehead atoms. The molecule has 1 N–H and O–H groups in total. The molecule has 1 aromatic rings. The number of nitrogens with zero attached hydrogens (tertiary/aromatic N) is 2. The van der Waals surface area contributed by atoms with Crippen molar-refractivity contribution in [1.82, 2.24) is 9.78 Å². The minimum absolute atomic E-state index is 0.0547. The molecule has 1 heterocycles. The van der Waals surface area contributed by atoms with Crippen LogP contribution in [0.1, 0.15) is 22.5 Å². The molecule has 0 amide bonds. The van der Waals surface area contributed by atoms with Gasteiger partial charge in [0.15, 0.2) is 0 Å². The molecule has 0 spiro atoms. The zero-order valence-corrected chi connectivity index (χ0v) is 9.70. The zero-order valence-electron chi connectivity index (χ0n) is 9.70. The molecule has 0 radical (unpaired) electrons. The summed E-state index contributed by atoms with van der Waals surface area (Å²) in [5.74, 6) is -1.08. The van der Waals surface area contributed by atoms with Crippen molar-refractivity contribution < 1.29 is 27.8 Å². The Bertz CT molecular complexity index is 415. The highest BCUT2D eigenvalue weighted by Gasteiger charge is 2.27. The first-order valence-electron chi connectivity index (χ1n) is 5.21. The molecule has 0 aliphatic heterocycles. The second kappa shape index (κ2) is 5.85. The number of aryl methyl sites for hydroxylation is 2. The molecule has 1 rings (SSSR count). The van der Waals surface area contributed by atoms with Gasteiger partial charge in [0.25, 0.3) is 0 Å². The Hall–Kier alpha value is -1.57. The largest absolute Gasteiger partial charge is 0.478 e. The first-order valence-corrected chi connectivity index (χ1v) is 5.21. The quantitative estimate of drug-likeness (QED) is 0.798. The van der Waals surface area contributed by atoms with Gasteiger partial charge in [0.1, 0.15) is 12.2 Å². The molecule has 0 atom stereocenters. The number of ether oxygens (including phenoxy) is 1. The molecule has 8 heteroatoms. The Balaban J connectivity index is 2.32. The monoisotopic (exact) mass is 266 g/mol. The van der Waals surface area contributed by atoms with Gasteiger partial charge in [0, 0.05) is 19.3 Å². The summed E-state index contributed by atoms with van der Waals surface area (Å²) in [6, 6.07) is 0. The predicted molar refractivity (Wildman–Crippen MR) is 55.4 cm³/mol. The van der Waals surface area contributed by atoms with Crippen molar-refractivity contribution in [3.8, 4) is 0 Å². The van der Waals surface area contributed by atoms with E-state index in [4.69, 9.17) is 5.11 Å². The number of aromatic nitrogens is 2. The molecule has 0 aromatic carbocycles. The van der Waals surface area contributed by atoms with E-state index in [1.807, 2.05) is 0 Å². The Morgan fingerprint density at radius 1 is 1.56 bits per heavy atom. The lowest BCUT2D eigenvalue weighted by Gasteiger charge is -2.07. The van der Waals surface area contributed by atoms with E-state index in [-0.39, 0.29) is 12.2 Å². The summed E-state index contributed by atoms with van der Waals surface area (Å²) in [6.07, 6.45) is -2.64. The van der Waals surface area contributed by atoms with E-state index in [1.54, 1.807) is 6.92 Å². The summed E-state index contributed by atoms with van der Waals surface area (Å²) in [7, 11) is 0. The van der Waals surface area contributed by atoms with Crippen LogP contribution in [0.5, 0.6) is 0 Å². The van der Waals surface area contributed by atoms with Crippen molar-refractivity contribution in [3.63, 3.8) is 0 Å². The topological polar surface area (TPSA) is 64.4 Å². The summed E-state index contributed by atoms with van der Waals surface area (Å²) in [5.41, 5.74) is 0.463. The van der Waals surface area contributed by atoms with Crippen molar-refractivity contribution in [1.29, 1.82) is 0 Å². The number of carboxylic acids is 1. The van der Waals surface area contributed by atoms with Crippen molar-refractivity contribution in [2.24, 2.45) is 0 Å². The predicted octanol–water partition coefficient (Wildman–Crippen LogP) is 1.86. The first kappa shape index (κ1) is 14.5. The maximum atomic E-state index is 11.7. The number of alkyl halides is 3. The lowest BCUT2D eigenvalue weighted by atomic mass is 10.3. The van der Waals surface area contributed by atoms with Crippen LogP contribution >= 0.6 is 0 Å². The number of halogens is 3. The van der Waals surface area contributed by atoms with Gasteiger partial charge in [-0.1, -0.05) is 0 Å². The zero-order chi connectivity index (χ0) is 13.8. The van der Waals surface area contributed by atoms with E-state index >= 15 is 0 Å². The fourth-order valence-corrected chi connectivity index (χ4v) is 1.36. The fraction of sp³-hybridized carbons (Fsp3) is 0.600. The third-order valence-electron chi connectivity index (χ3n) is 2.12. The van der Waals surface area contributed by atoms with E-state index in [2.05, 4.69) is 9.84 Å². The Morgan fingerprint density at radius 2 is 2.22 bits per heavy atom. The lowest BCUT2D eigenvalue weighted by molar-refractivity contribution is -0.174. The second-order valence-electron chi connectivity index (χ2n) is 3.72. The molecule has 0 aliphatic rings. The van der Waals surface area contributed by atoms with Gasteiger partial charge in [0.2, 0.25) is 0 Å². The first-order chi connectivity index (χ1) is 8.29. The van der Waals surface area contributed by atoms with E-state index in [9.17, 15) is 18.0 Å². The van der Waals surface area contributed by atoms with Crippen LogP contribution in [0.3, 0.4) is 0 Å². The normalized spacial score (nSPS) is 11.8. The van der Waals surface area contributed by atoms with Crippen LogP contribution in [-0.2, 0) is 11.3 Å². The molecule has 0 saturated heterocycles. The fourth-order valence-electron chi connectivity index (χ4n) is 1.36. The van der Waals surface area contributed by atoms with Gasteiger partial charge in [-0.2, -0.15) is 18.3 Å². The molecule has 18 heavy (non-hydrogen) atoms. The van der Waals surface area contributed by atoms with E-state index in [1.165, 1.54) is 10.9 Å². The number of carbonyl (C=O) groups is 1. The minimum Gasteiger partial charge on any atom is -0.478 e. The Labute approximate surface area is 101 Å². The maximum Gasteiger partial charge on any atom is 0.411 e. The average molecular weight is 266 g/mol. The molecule has 0 fully saturated rings. The minimum atomic E-state index is -4.32. The number of aromatic carboxylic acids is 1. The standard InChI is InChI=1S/C10H13F3N2O3/c1-7-8(9(16)17)5-15(14-7)3-2-4-18-6-10(11,12)13/h5H,2-4,6H2,1H3,(H,16,17). The molecule has 102 valence electrons. The number of hydrogen-bond acceptors (Lipinski definition) is 3. The van der Waals surface area contributed by atoms with Crippen molar-refractivity contribution in [2.45, 2.75) is 26.1 Å². The highest BCUT2D eigenvalue weighted by molar-refractivity contribution is 5.88. The molecular weight excluding hydrogens is 253 g/mol. The summed E-state index contributed by atoms with van der Waals surface area (Å²) >= 11 is 0. The van der Waals surface area contributed by atoms with Gasteiger partial charge < -0.3 is 9.84 Å². The van der Waals surface area contributed by atoms with Crippen LogP contribution in [0.4, 0.5) is 13.2 Å². The van der Waals surface area contributed by atoms with Crippen LogP contribution in [0, 0.1) is 6.92 Å².